The minimum atomic E-state index is 0.273. The number of hydrogen-bond acceptors (Lipinski definition) is 1. The van der Waals surface area contributed by atoms with Gasteiger partial charge in [-0.25, -0.2) is 0 Å². The van der Waals surface area contributed by atoms with Crippen LogP contribution in [0.3, 0.4) is 0 Å². The van der Waals surface area contributed by atoms with E-state index >= 15 is 0 Å². The highest BCUT2D eigenvalue weighted by molar-refractivity contribution is 9.25. The van der Waals surface area contributed by atoms with Crippen LogP contribution >= 0.6 is 47.8 Å². The predicted octanol–water partition coefficient (Wildman–Crippen LogP) is 2.64. The number of rotatable bonds is 4. The molecule has 0 aromatic rings. The molecule has 0 saturated heterocycles. The van der Waals surface area contributed by atoms with Gasteiger partial charge in [-0.15, -0.1) is 0 Å². The average molecular weight is 325 g/mol. The van der Waals surface area contributed by atoms with E-state index in [1.807, 2.05) is 0 Å². The van der Waals surface area contributed by atoms with Crippen molar-refractivity contribution < 1.29 is 5.11 Å². The lowest BCUT2D eigenvalue weighted by molar-refractivity contribution is 0.285. The molecule has 0 aromatic heterocycles. The van der Waals surface area contributed by atoms with Crippen LogP contribution < -0.4 is 0 Å². The lowest BCUT2D eigenvalue weighted by Gasteiger charge is -2.08. The topological polar surface area (TPSA) is 20.2 Å². The number of hydrogen-bond donors (Lipinski definition) is 1. The quantitative estimate of drug-likeness (QED) is 0.788. The first kappa shape index (κ1) is 10.4. The highest BCUT2D eigenvalue weighted by Gasteiger charge is 2.10. The Bertz CT molecular complexity index is 67.2. The van der Waals surface area contributed by atoms with Crippen molar-refractivity contribution in [2.75, 3.05) is 6.61 Å². The van der Waals surface area contributed by atoms with E-state index in [0.717, 1.165) is 12.8 Å². The summed E-state index contributed by atoms with van der Waals surface area (Å²) in [5.74, 6) is 0. The van der Waals surface area contributed by atoms with Crippen LogP contribution in [-0.2, 0) is 0 Å². The Morgan fingerprint density at radius 1 is 1.22 bits per heavy atom. The van der Waals surface area contributed by atoms with Crippen molar-refractivity contribution >= 4 is 47.8 Å². The molecule has 0 saturated carbocycles. The Labute approximate surface area is 80.6 Å². The fourth-order valence-electron chi connectivity index (χ4n) is 0.412. The van der Waals surface area contributed by atoms with Crippen molar-refractivity contribution in [2.45, 2.75) is 21.4 Å². The van der Waals surface area contributed by atoms with E-state index in [0.29, 0.717) is 8.56 Å². The van der Waals surface area contributed by atoms with Crippen molar-refractivity contribution in [2.24, 2.45) is 0 Å². The Morgan fingerprint density at radius 3 is 2.11 bits per heavy atom. The van der Waals surface area contributed by atoms with E-state index in [9.17, 15) is 0 Å². The first-order valence-corrected chi connectivity index (χ1v) is 5.46. The second kappa shape index (κ2) is 6.13. The number of halogens is 3. The van der Waals surface area contributed by atoms with E-state index < -0.39 is 0 Å². The molecule has 9 heavy (non-hydrogen) atoms. The molecular formula is C5H9Br3O. The Hall–Kier alpha value is 1.40. The zero-order valence-corrected chi connectivity index (χ0v) is 9.62. The number of aliphatic hydroxyl groups excluding tert-OH is 1. The average Bonchev–Trinajstić information content (AvgIpc) is 1.82. The molecule has 1 unspecified atom stereocenters. The second-order valence-electron chi connectivity index (χ2n) is 1.72. The van der Waals surface area contributed by atoms with Crippen molar-refractivity contribution in [1.82, 2.24) is 0 Å². The van der Waals surface area contributed by atoms with Gasteiger partial charge in [-0.05, 0) is 12.8 Å². The molecule has 0 aliphatic rings. The van der Waals surface area contributed by atoms with Crippen LogP contribution in [0.1, 0.15) is 12.8 Å². The highest BCUT2D eigenvalue weighted by Crippen LogP contribution is 2.23. The molecule has 0 aliphatic carbocycles. The Morgan fingerprint density at radius 2 is 1.78 bits per heavy atom. The summed E-state index contributed by atoms with van der Waals surface area (Å²) >= 11 is 10.2. The molecule has 1 atom stereocenters. The molecule has 0 amide bonds. The van der Waals surface area contributed by atoms with Crippen LogP contribution in [0.15, 0.2) is 0 Å². The summed E-state index contributed by atoms with van der Waals surface area (Å²) < 4.78 is 0.302. The lowest BCUT2D eigenvalue weighted by atomic mass is 10.3. The van der Waals surface area contributed by atoms with E-state index in [4.69, 9.17) is 5.11 Å². The van der Waals surface area contributed by atoms with Crippen LogP contribution in [0, 0.1) is 0 Å². The molecule has 0 rings (SSSR count). The van der Waals surface area contributed by atoms with Gasteiger partial charge >= 0.3 is 0 Å². The zero-order valence-electron chi connectivity index (χ0n) is 4.86. The molecule has 0 spiro atoms. The SMILES string of the molecule is OCCCC(Br)C(Br)Br. The summed E-state index contributed by atoms with van der Waals surface area (Å²) in [4.78, 5) is 0.407. The molecule has 0 radical (unpaired) electrons. The van der Waals surface area contributed by atoms with E-state index in [2.05, 4.69) is 47.8 Å². The highest BCUT2D eigenvalue weighted by atomic mass is 79.9. The van der Waals surface area contributed by atoms with Gasteiger partial charge in [0.15, 0.2) is 0 Å². The fraction of sp³-hybridized carbons (Fsp3) is 1.00. The lowest BCUT2D eigenvalue weighted by Crippen LogP contribution is -2.06. The minimum absolute atomic E-state index is 0.273. The zero-order chi connectivity index (χ0) is 7.28. The molecule has 0 aromatic carbocycles. The van der Waals surface area contributed by atoms with Crippen molar-refractivity contribution in [1.29, 1.82) is 0 Å². The molecule has 0 aliphatic heterocycles. The van der Waals surface area contributed by atoms with Crippen LogP contribution in [-0.4, -0.2) is 20.3 Å². The molecule has 56 valence electrons. The second-order valence-corrected chi connectivity index (χ2v) is 6.09. The molecule has 0 fully saturated rings. The molecule has 1 nitrogen and oxygen atoms in total. The summed E-state index contributed by atoms with van der Waals surface area (Å²) in [5, 5.41) is 8.45. The molecule has 4 heteroatoms. The first-order chi connectivity index (χ1) is 4.18. The van der Waals surface area contributed by atoms with Gasteiger partial charge in [0.25, 0.3) is 0 Å². The number of aliphatic hydroxyl groups is 1. The van der Waals surface area contributed by atoms with Crippen molar-refractivity contribution in [3.63, 3.8) is 0 Å². The van der Waals surface area contributed by atoms with Crippen LogP contribution in [0.25, 0.3) is 0 Å². The third kappa shape index (κ3) is 5.83. The van der Waals surface area contributed by atoms with Gasteiger partial charge in [0.1, 0.15) is 0 Å². The van der Waals surface area contributed by atoms with Gasteiger partial charge < -0.3 is 5.11 Å². The van der Waals surface area contributed by atoms with Crippen LogP contribution in [0.2, 0.25) is 0 Å². The van der Waals surface area contributed by atoms with Gasteiger partial charge in [-0.1, -0.05) is 47.8 Å². The maximum absolute atomic E-state index is 8.45. The minimum Gasteiger partial charge on any atom is -0.396 e. The molecular weight excluding hydrogens is 316 g/mol. The Balaban J connectivity index is 3.16. The third-order valence-electron chi connectivity index (χ3n) is 0.911. The Kier molecular flexibility index (Phi) is 7.09. The maximum atomic E-state index is 8.45. The van der Waals surface area contributed by atoms with Gasteiger partial charge in [-0.3, -0.25) is 0 Å². The summed E-state index contributed by atoms with van der Waals surface area (Å²) in [5.41, 5.74) is 0. The van der Waals surface area contributed by atoms with Crippen LogP contribution in [0.5, 0.6) is 0 Å². The molecule has 1 N–H and O–H groups in total. The summed E-state index contributed by atoms with van der Waals surface area (Å²) in [7, 11) is 0. The molecule has 0 heterocycles. The van der Waals surface area contributed by atoms with E-state index in [1.165, 1.54) is 0 Å². The van der Waals surface area contributed by atoms with Crippen molar-refractivity contribution in [3.05, 3.63) is 0 Å². The van der Waals surface area contributed by atoms with Gasteiger partial charge in [0.2, 0.25) is 0 Å². The van der Waals surface area contributed by atoms with Crippen molar-refractivity contribution in [3.8, 4) is 0 Å². The number of alkyl halides is 3. The fourth-order valence-corrected chi connectivity index (χ4v) is 1.26. The normalized spacial score (nSPS) is 14.3. The first-order valence-electron chi connectivity index (χ1n) is 2.71. The standard InChI is InChI=1S/C5H9Br3O/c6-4(5(7)8)2-1-3-9/h4-5,9H,1-3H2. The monoisotopic (exact) mass is 322 g/mol. The summed E-state index contributed by atoms with van der Waals surface area (Å²) in [6.07, 6.45) is 1.83. The molecule has 0 bridgehead atoms. The van der Waals surface area contributed by atoms with Gasteiger partial charge in [0, 0.05) is 11.4 Å². The summed E-state index contributed by atoms with van der Waals surface area (Å²) in [6.45, 7) is 0.273. The maximum Gasteiger partial charge on any atom is 0.0822 e. The van der Waals surface area contributed by atoms with Gasteiger partial charge in [-0.2, -0.15) is 0 Å². The predicted molar refractivity (Wildman–Crippen MR) is 50.7 cm³/mol. The largest absolute Gasteiger partial charge is 0.396 e. The van der Waals surface area contributed by atoms with Gasteiger partial charge in [0.05, 0.1) is 3.74 Å². The van der Waals surface area contributed by atoms with Crippen LogP contribution in [0.4, 0.5) is 0 Å². The van der Waals surface area contributed by atoms with E-state index in [1.54, 1.807) is 0 Å². The summed E-state index contributed by atoms with van der Waals surface area (Å²) in [6, 6.07) is 0. The smallest absolute Gasteiger partial charge is 0.0822 e. The van der Waals surface area contributed by atoms with E-state index in [-0.39, 0.29) is 6.61 Å². The third-order valence-corrected chi connectivity index (χ3v) is 4.59.